The van der Waals surface area contributed by atoms with Crippen LogP contribution in [0.2, 0.25) is 0 Å². The maximum atomic E-state index is 12.6. The number of ether oxygens (including phenoxy) is 1. The molecule has 0 spiro atoms. The van der Waals surface area contributed by atoms with E-state index in [0.29, 0.717) is 11.7 Å². The lowest BCUT2D eigenvalue weighted by atomic mass is 9.76. The first kappa shape index (κ1) is 21.0. The molecular weight excluding hydrogens is 320 g/mol. The molecular formula is C24H38O2. The molecule has 0 amide bonds. The van der Waals surface area contributed by atoms with Gasteiger partial charge in [0.25, 0.3) is 0 Å². The van der Waals surface area contributed by atoms with Gasteiger partial charge >= 0.3 is 0 Å². The van der Waals surface area contributed by atoms with E-state index in [1.54, 1.807) is 0 Å². The molecule has 0 bridgehead atoms. The van der Waals surface area contributed by atoms with Gasteiger partial charge in [0.2, 0.25) is 0 Å². The first-order valence-corrected chi connectivity index (χ1v) is 11.0. The molecule has 1 aromatic rings. The maximum Gasteiger partial charge on any atom is 0.140 e. The van der Waals surface area contributed by atoms with E-state index in [9.17, 15) is 4.79 Å². The van der Waals surface area contributed by atoms with Crippen molar-refractivity contribution >= 4 is 5.78 Å². The monoisotopic (exact) mass is 358 g/mol. The summed E-state index contributed by atoms with van der Waals surface area (Å²) in [7, 11) is 0. The van der Waals surface area contributed by atoms with Crippen molar-refractivity contribution in [1.29, 1.82) is 0 Å². The van der Waals surface area contributed by atoms with Gasteiger partial charge in [0, 0.05) is 12.3 Å². The largest absolute Gasteiger partial charge is 0.494 e. The molecule has 2 rings (SSSR count). The number of Topliss-reactive ketones (excluding diaryl/α,β-unsaturated/α-hetero) is 1. The highest BCUT2D eigenvalue weighted by molar-refractivity contribution is 5.86. The van der Waals surface area contributed by atoms with Crippen LogP contribution in [0.15, 0.2) is 24.3 Å². The van der Waals surface area contributed by atoms with Crippen molar-refractivity contribution in [3.05, 3.63) is 29.8 Å². The van der Waals surface area contributed by atoms with Crippen LogP contribution >= 0.6 is 0 Å². The minimum absolute atomic E-state index is 0.112. The van der Waals surface area contributed by atoms with Gasteiger partial charge in [0.15, 0.2) is 0 Å². The van der Waals surface area contributed by atoms with E-state index >= 15 is 0 Å². The number of hydrogen-bond acceptors (Lipinski definition) is 2. The predicted octanol–water partition coefficient (Wildman–Crippen LogP) is 7.07. The average molecular weight is 359 g/mol. The average Bonchev–Trinajstić information content (AvgIpc) is 2.66. The molecule has 1 fully saturated rings. The number of carbonyl (C=O) groups excluding carboxylic acids is 1. The van der Waals surface area contributed by atoms with Gasteiger partial charge in [-0.1, -0.05) is 77.3 Å². The zero-order valence-corrected chi connectivity index (χ0v) is 17.0. The summed E-state index contributed by atoms with van der Waals surface area (Å²) in [5.74, 6) is 2.12. The molecule has 1 aliphatic carbocycles. The van der Waals surface area contributed by atoms with Crippen LogP contribution in [0.3, 0.4) is 0 Å². The van der Waals surface area contributed by atoms with Gasteiger partial charge in [-0.05, 0) is 42.9 Å². The molecule has 0 N–H and O–H groups in total. The number of rotatable bonds is 12. The van der Waals surface area contributed by atoms with E-state index in [1.165, 1.54) is 63.4 Å². The molecule has 0 saturated heterocycles. The van der Waals surface area contributed by atoms with Crippen molar-refractivity contribution in [2.24, 2.45) is 5.92 Å². The lowest BCUT2D eigenvalue weighted by Crippen LogP contribution is -2.23. The van der Waals surface area contributed by atoms with E-state index in [1.807, 2.05) is 12.1 Å². The third kappa shape index (κ3) is 7.13. The van der Waals surface area contributed by atoms with Crippen LogP contribution in [0, 0.1) is 5.92 Å². The smallest absolute Gasteiger partial charge is 0.140 e. The summed E-state index contributed by atoms with van der Waals surface area (Å²) in [5, 5.41) is 0. The molecule has 0 heterocycles. The molecule has 2 atom stereocenters. The lowest BCUT2D eigenvalue weighted by Gasteiger charge is -2.27. The highest BCUT2D eigenvalue weighted by Gasteiger charge is 2.29. The van der Waals surface area contributed by atoms with Gasteiger partial charge in [0.05, 0.1) is 6.61 Å². The second-order valence-corrected chi connectivity index (χ2v) is 7.99. The minimum Gasteiger partial charge on any atom is -0.494 e. The second-order valence-electron chi connectivity index (χ2n) is 7.99. The second kappa shape index (κ2) is 12.1. The highest BCUT2D eigenvalue weighted by atomic mass is 16.5. The van der Waals surface area contributed by atoms with Gasteiger partial charge in [-0.15, -0.1) is 0 Å². The Morgan fingerprint density at radius 3 is 2.27 bits per heavy atom. The van der Waals surface area contributed by atoms with Gasteiger partial charge < -0.3 is 4.74 Å². The van der Waals surface area contributed by atoms with Gasteiger partial charge in [-0.2, -0.15) is 0 Å². The SMILES string of the molecule is CCCCCCCOc1ccc([C@H]2CC[C@H](CCCCC)CC2=O)cc1. The Labute approximate surface area is 160 Å². The van der Waals surface area contributed by atoms with Crippen molar-refractivity contribution in [3.8, 4) is 5.75 Å². The molecule has 0 unspecified atom stereocenters. The Morgan fingerprint density at radius 1 is 0.885 bits per heavy atom. The van der Waals surface area contributed by atoms with Crippen molar-refractivity contribution in [3.63, 3.8) is 0 Å². The first-order valence-electron chi connectivity index (χ1n) is 11.0. The molecule has 26 heavy (non-hydrogen) atoms. The fraction of sp³-hybridized carbons (Fsp3) is 0.708. The molecule has 146 valence electrons. The summed E-state index contributed by atoms with van der Waals surface area (Å²) in [5.41, 5.74) is 1.18. The standard InChI is InChI=1S/C24H38O2/c1-3-5-7-8-10-18-26-22-15-13-21(14-16-22)23-17-12-20(19-24(23)25)11-9-6-4-2/h13-16,20,23H,3-12,17-19H2,1-2H3/t20-,23+/m0/s1. The van der Waals surface area contributed by atoms with E-state index in [-0.39, 0.29) is 5.92 Å². The van der Waals surface area contributed by atoms with E-state index in [4.69, 9.17) is 4.74 Å². The van der Waals surface area contributed by atoms with Crippen molar-refractivity contribution in [2.45, 2.75) is 96.8 Å². The summed E-state index contributed by atoms with van der Waals surface area (Å²) in [6, 6.07) is 8.29. The molecule has 2 nitrogen and oxygen atoms in total. The van der Waals surface area contributed by atoms with Crippen LogP contribution < -0.4 is 4.74 Å². The molecule has 1 aliphatic rings. The topological polar surface area (TPSA) is 26.3 Å². The Kier molecular flexibility index (Phi) is 9.81. The van der Waals surface area contributed by atoms with Crippen LogP contribution in [0.5, 0.6) is 5.75 Å². The van der Waals surface area contributed by atoms with Crippen LogP contribution in [0.25, 0.3) is 0 Å². The fourth-order valence-electron chi connectivity index (χ4n) is 4.07. The van der Waals surface area contributed by atoms with E-state index in [2.05, 4.69) is 26.0 Å². The zero-order valence-electron chi connectivity index (χ0n) is 17.0. The third-order valence-electron chi connectivity index (χ3n) is 5.76. The van der Waals surface area contributed by atoms with Gasteiger partial charge in [0.1, 0.15) is 11.5 Å². The van der Waals surface area contributed by atoms with Crippen LogP contribution in [0.1, 0.15) is 102 Å². The maximum absolute atomic E-state index is 12.6. The summed E-state index contributed by atoms with van der Waals surface area (Å²) in [4.78, 5) is 12.6. The number of benzene rings is 1. The number of ketones is 1. The van der Waals surface area contributed by atoms with Crippen LogP contribution in [0.4, 0.5) is 0 Å². The molecule has 1 saturated carbocycles. The third-order valence-corrected chi connectivity index (χ3v) is 5.76. The number of hydrogen-bond donors (Lipinski definition) is 0. The van der Waals surface area contributed by atoms with E-state index in [0.717, 1.165) is 31.6 Å². The van der Waals surface area contributed by atoms with Crippen molar-refractivity contribution in [2.75, 3.05) is 6.61 Å². The minimum atomic E-state index is 0.112. The normalized spacial score (nSPS) is 20.3. The predicted molar refractivity (Wildman–Crippen MR) is 110 cm³/mol. The highest BCUT2D eigenvalue weighted by Crippen LogP contribution is 2.35. The Balaban J connectivity index is 1.73. The molecule has 0 aliphatic heterocycles. The lowest BCUT2D eigenvalue weighted by molar-refractivity contribution is -0.123. The quantitative estimate of drug-likeness (QED) is 0.373. The summed E-state index contributed by atoms with van der Waals surface area (Å²) in [6.45, 7) is 5.27. The molecule has 0 radical (unpaired) electrons. The van der Waals surface area contributed by atoms with Gasteiger partial charge in [-0.25, -0.2) is 0 Å². The number of unbranched alkanes of at least 4 members (excludes halogenated alkanes) is 6. The molecule has 2 heteroatoms. The summed E-state index contributed by atoms with van der Waals surface area (Å²) in [6.07, 6.45) is 14.4. The van der Waals surface area contributed by atoms with Gasteiger partial charge in [-0.3, -0.25) is 4.79 Å². The molecule has 1 aromatic carbocycles. The number of carbonyl (C=O) groups is 1. The zero-order chi connectivity index (χ0) is 18.6. The Hall–Kier alpha value is -1.31. The first-order chi connectivity index (χ1) is 12.7. The summed E-state index contributed by atoms with van der Waals surface area (Å²) < 4.78 is 5.84. The van der Waals surface area contributed by atoms with Crippen molar-refractivity contribution < 1.29 is 9.53 Å². The van der Waals surface area contributed by atoms with E-state index < -0.39 is 0 Å². The molecule has 0 aromatic heterocycles. The van der Waals surface area contributed by atoms with Crippen molar-refractivity contribution in [1.82, 2.24) is 0 Å². The summed E-state index contributed by atoms with van der Waals surface area (Å²) >= 11 is 0. The van der Waals surface area contributed by atoms with Crippen LogP contribution in [-0.4, -0.2) is 12.4 Å². The Morgan fingerprint density at radius 2 is 1.58 bits per heavy atom. The fourth-order valence-corrected chi connectivity index (χ4v) is 4.07. The Bertz CT molecular complexity index is 505. The van der Waals surface area contributed by atoms with Crippen LogP contribution in [-0.2, 0) is 4.79 Å².